The second-order valence-corrected chi connectivity index (χ2v) is 6.12. The highest BCUT2D eigenvalue weighted by Crippen LogP contribution is 2.16. The van der Waals surface area contributed by atoms with E-state index in [1.807, 2.05) is 6.07 Å². The van der Waals surface area contributed by atoms with Crippen LogP contribution in [0.4, 0.5) is 11.4 Å². The second-order valence-electron chi connectivity index (χ2n) is 5.69. The summed E-state index contributed by atoms with van der Waals surface area (Å²) in [6.45, 7) is 0. The van der Waals surface area contributed by atoms with E-state index in [-0.39, 0.29) is 11.8 Å². The first-order chi connectivity index (χ1) is 13.0. The molecule has 0 fully saturated rings. The fraction of sp³-hybridized carbons (Fsp3) is 0. The SMILES string of the molecule is N#Cc1ccc(NC(=O)c2ccc(C(=O)Nc3cccc(Cl)c3)cc2)cc1. The van der Waals surface area contributed by atoms with Crippen LogP contribution in [-0.4, -0.2) is 11.8 Å². The Morgan fingerprint density at radius 1 is 0.778 bits per heavy atom. The molecule has 0 unspecified atom stereocenters. The number of amides is 2. The Morgan fingerprint density at radius 3 is 1.85 bits per heavy atom. The van der Waals surface area contributed by atoms with Crippen molar-refractivity contribution in [3.8, 4) is 6.07 Å². The first-order valence-electron chi connectivity index (χ1n) is 8.03. The summed E-state index contributed by atoms with van der Waals surface area (Å²) < 4.78 is 0. The topological polar surface area (TPSA) is 82.0 Å². The van der Waals surface area contributed by atoms with Crippen molar-refractivity contribution in [2.75, 3.05) is 10.6 Å². The lowest BCUT2D eigenvalue weighted by Crippen LogP contribution is -2.14. The van der Waals surface area contributed by atoms with Crippen molar-refractivity contribution in [2.45, 2.75) is 0 Å². The van der Waals surface area contributed by atoms with E-state index < -0.39 is 0 Å². The second kappa shape index (κ2) is 8.17. The average Bonchev–Trinajstić information content (AvgIpc) is 2.68. The minimum absolute atomic E-state index is 0.295. The van der Waals surface area contributed by atoms with E-state index in [0.717, 1.165) is 0 Å². The Morgan fingerprint density at radius 2 is 1.33 bits per heavy atom. The van der Waals surface area contributed by atoms with Gasteiger partial charge in [0.15, 0.2) is 0 Å². The Balaban J connectivity index is 1.66. The fourth-order valence-corrected chi connectivity index (χ4v) is 2.56. The molecule has 0 aromatic heterocycles. The van der Waals surface area contributed by atoms with Crippen LogP contribution in [0.15, 0.2) is 72.8 Å². The zero-order valence-electron chi connectivity index (χ0n) is 14.1. The van der Waals surface area contributed by atoms with E-state index in [9.17, 15) is 9.59 Å². The van der Waals surface area contributed by atoms with Gasteiger partial charge in [0.2, 0.25) is 0 Å². The summed E-state index contributed by atoms with van der Waals surface area (Å²) in [5.41, 5.74) is 2.53. The molecular formula is C21H14ClN3O2. The minimum atomic E-state index is -0.304. The van der Waals surface area contributed by atoms with Gasteiger partial charge < -0.3 is 10.6 Å². The number of benzene rings is 3. The zero-order valence-corrected chi connectivity index (χ0v) is 14.8. The molecule has 3 aromatic rings. The van der Waals surface area contributed by atoms with Crippen LogP contribution in [0.25, 0.3) is 0 Å². The van der Waals surface area contributed by atoms with Gasteiger partial charge in [-0.3, -0.25) is 9.59 Å². The van der Waals surface area contributed by atoms with Gasteiger partial charge >= 0.3 is 0 Å². The van der Waals surface area contributed by atoms with Gasteiger partial charge in [0.05, 0.1) is 11.6 Å². The van der Waals surface area contributed by atoms with Crippen molar-refractivity contribution in [3.63, 3.8) is 0 Å². The lowest BCUT2D eigenvalue weighted by atomic mass is 10.1. The van der Waals surface area contributed by atoms with E-state index in [1.54, 1.807) is 72.8 Å². The van der Waals surface area contributed by atoms with Crippen LogP contribution in [0, 0.1) is 11.3 Å². The number of hydrogen-bond acceptors (Lipinski definition) is 3. The third-order valence-corrected chi connectivity index (χ3v) is 4.00. The molecule has 2 N–H and O–H groups in total. The van der Waals surface area contributed by atoms with Gasteiger partial charge in [0.1, 0.15) is 0 Å². The number of hydrogen-bond donors (Lipinski definition) is 2. The standard InChI is InChI=1S/C21H14ClN3O2/c22-17-2-1-3-19(12-17)25-21(27)16-8-6-15(7-9-16)20(26)24-18-10-4-14(13-23)5-11-18/h1-12H,(H,24,26)(H,25,27). The summed E-state index contributed by atoms with van der Waals surface area (Å²) in [4.78, 5) is 24.6. The third-order valence-electron chi connectivity index (χ3n) is 3.76. The first-order valence-corrected chi connectivity index (χ1v) is 8.41. The van der Waals surface area contributed by atoms with Crippen molar-refractivity contribution in [2.24, 2.45) is 0 Å². The number of carbonyl (C=O) groups excluding carboxylic acids is 2. The highest BCUT2D eigenvalue weighted by atomic mass is 35.5. The highest BCUT2D eigenvalue weighted by molar-refractivity contribution is 6.31. The maximum absolute atomic E-state index is 12.3. The molecule has 0 saturated heterocycles. The molecule has 0 aliphatic rings. The number of anilines is 2. The summed E-state index contributed by atoms with van der Waals surface area (Å²) in [5.74, 6) is -0.599. The number of halogens is 1. The lowest BCUT2D eigenvalue weighted by Gasteiger charge is -2.08. The van der Waals surface area contributed by atoms with Crippen LogP contribution in [0.3, 0.4) is 0 Å². The molecule has 2 amide bonds. The predicted molar refractivity (Wildman–Crippen MR) is 105 cm³/mol. The molecule has 0 aliphatic heterocycles. The van der Waals surface area contributed by atoms with Gasteiger partial charge in [-0.15, -0.1) is 0 Å². The summed E-state index contributed by atoms with van der Waals surface area (Å²) in [6.07, 6.45) is 0. The van der Waals surface area contributed by atoms with Crippen LogP contribution in [0.2, 0.25) is 5.02 Å². The molecule has 0 spiro atoms. The van der Waals surface area contributed by atoms with Gasteiger partial charge in [-0.25, -0.2) is 0 Å². The normalized spacial score (nSPS) is 9.93. The van der Waals surface area contributed by atoms with E-state index in [4.69, 9.17) is 16.9 Å². The van der Waals surface area contributed by atoms with Crippen LogP contribution >= 0.6 is 11.6 Å². The predicted octanol–water partition coefficient (Wildman–Crippen LogP) is 4.72. The number of nitrogens with zero attached hydrogens (tertiary/aromatic N) is 1. The van der Waals surface area contributed by atoms with Crippen LogP contribution in [-0.2, 0) is 0 Å². The summed E-state index contributed by atoms with van der Waals surface area (Å²) in [6, 6.07) is 21.7. The number of rotatable bonds is 4. The molecule has 0 atom stereocenters. The molecule has 0 heterocycles. The first kappa shape index (κ1) is 18.2. The number of nitrogens with one attached hydrogen (secondary N) is 2. The van der Waals surface area contributed by atoms with Gasteiger partial charge in [-0.1, -0.05) is 17.7 Å². The monoisotopic (exact) mass is 375 g/mol. The summed E-state index contributed by atoms with van der Waals surface area (Å²) >= 11 is 5.90. The fourth-order valence-electron chi connectivity index (χ4n) is 2.37. The van der Waals surface area contributed by atoms with Crippen LogP contribution in [0.1, 0.15) is 26.3 Å². The Hall–Kier alpha value is -3.62. The van der Waals surface area contributed by atoms with Crippen molar-refractivity contribution in [3.05, 3.63) is 94.5 Å². The Kier molecular flexibility index (Phi) is 5.50. The molecule has 27 heavy (non-hydrogen) atoms. The zero-order chi connectivity index (χ0) is 19.2. The van der Waals surface area contributed by atoms with E-state index in [0.29, 0.717) is 33.1 Å². The molecule has 0 saturated carbocycles. The molecule has 132 valence electrons. The average molecular weight is 376 g/mol. The van der Waals surface area contributed by atoms with E-state index >= 15 is 0 Å². The lowest BCUT2D eigenvalue weighted by molar-refractivity contribution is 0.101. The molecular weight excluding hydrogens is 362 g/mol. The molecule has 5 nitrogen and oxygen atoms in total. The minimum Gasteiger partial charge on any atom is -0.322 e. The Bertz CT molecular complexity index is 1020. The van der Waals surface area contributed by atoms with Crippen molar-refractivity contribution >= 4 is 34.8 Å². The largest absolute Gasteiger partial charge is 0.322 e. The van der Waals surface area contributed by atoms with E-state index in [1.165, 1.54) is 0 Å². The van der Waals surface area contributed by atoms with Gasteiger partial charge in [-0.05, 0) is 66.7 Å². The highest BCUT2D eigenvalue weighted by Gasteiger charge is 2.10. The molecule has 0 bridgehead atoms. The van der Waals surface area contributed by atoms with Crippen LogP contribution < -0.4 is 10.6 Å². The molecule has 0 radical (unpaired) electrons. The smallest absolute Gasteiger partial charge is 0.255 e. The molecule has 3 rings (SSSR count). The van der Waals surface area contributed by atoms with Gasteiger partial charge in [-0.2, -0.15) is 5.26 Å². The van der Waals surface area contributed by atoms with Gasteiger partial charge in [0, 0.05) is 27.5 Å². The molecule has 6 heteroatoms. The van der Waals surface area contributed by atoms with Crippen molar-refractivity contribution < 1.29 is 9.59 Å². The van der Waals surface area contributed by atoms with Gasteiger partial charge in [0.25, 0.3) is 11.8 Å². The van der Waals surface area contributed by atoms with Crippen LogP contribution in [0.5, 0.6) is 0 Å². The number of nitriles is 1. The molecule has 3 aromatic carbocycles. The summed E-state index contributed by atoms with van der Waals surface area (Å²) in [7, 11) is 0. The van der Waals surface area contributed by atoms with Crippen molar-refractivity contribution in [1.82, 2.24) is 0 Å². The Labute approximate surface area is 161 Å². The summed E-state index contributed by atoms with van der Waals surface area (Å²) in [5, 5.41) is 14.8. The quantitative estimate of drug-likeness (QED) is 0.692. The third kappa shape index (κ3) is 4.72. The maximum atomic E-state index is 12.3. The van der Waals surface area contributed by atoms with Crippen molar-refractivity contribution in [1.29, 1.82) is 5.26 Å². The molecule has 0 aliphatic carbocycles. The number of carbonyl (C=O) groups is 2. The van der Waals surface area contributed by atoms with E-state index in [2.05, 4.69) is 10.6 Å². The maximum Gasteiger partial charge on any atom is 0.255 e.